The minimum atomic E-state index is -0.621. The van der Waals surface area contributed by atoms with Crippen molar-refractivity contribution in [3.05, 3.63) is 88.9 Å². The average Bonchev–Trinajstić information content (AvgIpc) is 3.32. The van der Waals surface area contributed by atoms with E-state index >= 15 is 0 Å². The van der Waals surface area contributed by atoms with Gasteiger partial charge in [-0.05, 0) is 47.9 Å². The van der Waals surface area contributed by atoms with Gasteiger partial charge in [-0.3, -0.25) is 4.79 Å². The van der Waals surface area contributed by atoms with Crippen molar-refractivity contribution < 1.29 is 10.0 Å². The van der Waals surface area contributed by atoms with Crippen LogP contribution in [0.2, 0.25) is 5.02 Å². The lowest BCUT2D eigenvalue weighted by Gasteiger charge is -2.22. The molecule has 0 radical (unpaired) electrons. The highest BCUT2D eigenvalue weighted by atomic mass is 35.5. The normalized spacial score (nSPS) is 15.5. The Bertz CT molecular complexity index is 1150. The van der Waals surface area contributed by atoms with Crippen LogP contribution in [0.5, 0.6) is 0 Å². The third kappa shape index (κ3) is 5.27. The summed E-state index contributed by atoms with van der Waals surface area (Å²) >= 11 is 6.52. The van der Waals surface area contributed by atoms with Crippen LogP contribution in [0.3, 0.4) is 0 Å². The van der Waals surface area contributed by atoms with Crippen molar-refractivity contribution >= 4 is 40.4 Å². The molecule has 0 aliphatic carbocycles. The minimum Gasteiger partial charge on any atom is -0.409 e. The molecular formula is C25H26ClN5O2. The number of nitrogens with two attached hydrogens (primary N) is 1. The number of hydrogen-bond acceptors (Lipinski definition) is 5. The van der Waals surface area contributed by atoms with Crippen molar-refractivity contribution in [1.29, 1.82) is 0 Å². The molecule has 33 heavy (non-hydrogen) atoms. The van der Waals surface area contributed by atoms with Crippen LogP contribution in [0, 0.1) is 0 Å². The van der Waals surface area contributed by atoms with Crippen molar-refractivity contribution in [2.45, 2.75) is 25.4 Å². The van der Waals surface area contributed by atoms with E-state index in [0.717, 1.165) is 35.5 Å². The molecule has 8 heteroatoms. The Kier molecular flexibility index (Phi) is 7.12. The molecule has 0 saturated carbocycles. The van der Waals surface area contributed by atoms with Crippen LogP contribution < -0.4 is 21.3 Å². The Hall–Kier alpha value is -3.55. The summed E-state index contributed by atoms with van der Waals surface area (Å²) in [5.41, 5.74) is 9.70. The van der Waals surface area contributed by atoms with E-state index in [4.69, 9.17) is 17.3 Å². The second-order valence-electron chi connectivity index (χ2n) is 7.82. The number of nitrogens with zero attached hydrogens (tertiary/aromatic N) is 2. The topological polar surface area (TPSA) is 103 Å². The molecule has 0 spiro atoms. The Balaban J connectivity index is 1.56. The molecule has 1 fully saturated rings. The predicted octanol–water partition coefficient (Wildman–Crippen LogP) is 4.98. The maximum atomic E-state index is 13.3. The van der Waals surface area contributed by atoms with Crippen molar-refractivity contribution in [2.75, 3.05) is 22.1 Å². The third-order valence-corrected chi connectivity index (χ3v) is 5.89. The standard InChI is InChI=1S/C25H26ClN5O2/c26-21-15-20(11-12-22(21)31-13-5-10-23(31)30-33)29-25(32)24(18-7-2-1-3-8-18)28-19-9-4-6-17(14-19)16-27/h1-4,6-9,11-12,14-15,24,28,33H,5,10,13,16,27H2,(H,29,32)/t24-/m0/s1. The zero-order chi connectivity index (χ0) is 23.2. The molecule has 170 valence electrons. The van der Waals surface area contributed by atoms with Crippen LogP contribution in [0.25, 0.3) is 0 Å². The van der Waals surface area contributed by atoms with Crippen molar-refractivity contribution in [3.8, 4) is 0 Å². The second-order valence-corrected chi connectivity index (χ2v) is 8.23. The van der Waals surface area contributed by atoms with E-state index < -0.39 is 6.04 Å². The minimum absolute atomic E-state index is 0.220. The summed E-state index contributed by atoms with van der Waals surface area (Å²) in [5.74, 6) is 0.365. The van der Waals surface area contributed by atoms with Gasteiger partial charge in [-0.2, -0.15) is 0 Å². The Morgan fingerprint density at radius 1 is 1.09 bits per heavy atom. The maximum absolute atomic E-state index is 13.3. The summed E-state index contributed by atoms with van der Waals surface area (Å²) in [7, 11) is 0. The summed E-state index contributed by atoms with van der Waals surface area (Å²) in [5, 5.41) is 19.3. The van der Waals surface area contributed by atoms with Gasteiger partial charge in [0.15, 0.2) is 0 Å². The SMILES string of the molecule is NCc1cccc(N[C@H](C(=O)Nc2ccc(N3CCCC3=NO)c(Cl)c2)c2ccccc2)c1. The Morgan fingerprint density at radius 3 is 2.64 bits per heavy atom. The first-order chi connectivity index (χ1) is 16.1. The summed E-state index contributed by atoms with van der Waals surface area (Å²) < 4.78 is 0. The number of amidine groups is 1. The summed E-state index contributed by atoms with van der Waals surface area (Å²) in [6, 6.07) is 21.9. The van der Waals surface area contributed by atoms with Crippen molar-refractivity contribution in [3.63, 3.8) is 0 Å². The number of oxime groups is 1. The number of anilines is 3. The molecule has 1 atom stereocenters. The van der Waals surface area contributed by atoms with Crippen LogP contribution in [-0.2, 0) is 11.3 Å². The second kappa shape index (κ2) is 10.4. The molecule has 3 aromatic carbocycles. The number of carbonyl (C=O) groups excluding carboxylic acids is 1. The molecule has 1 aliphatic heterocycles. The fourth-order valence-corrected chi connectivity index (χ4v) is 4.22. The zero-order valence-corrected chi connectivity index (χ0v) is 18.8. The first kappa shape index (κ1) is 22.6. The molecule has 4 rings (SSSR count). The lowest BCUT2D eigenvalue weighted by Crippen LogP contribution is -2.27. The summed E-state index contributed by atoms with van der Waals surface area (Å²) in [6.07, 6.45) is 1.59. The molecule has 1 heterocycles. The molecule has 0 bridgehead atoms. The van der Waals surface area contributed by atoms with Crippen LogP contribution in [0.15, 0.2) is 78.0 Å². The number of amides is 1. The zero-order valence-electron chi connectivity index (χ0n) is 18.0. The number of carbonyl (C=O) groups is 1. The number of nitrogens with one attached hydrogen (secondary N) is 2. The van der Waals surface area contributed by atoms with E-state index in [1.165, 1.54) is 0 Å². The average molecular weight is 464 g/mol. The van der Waals surface area contributed by atoms with Gasteiger partial charge in [-0.25, -0.2) is 0 Å². The van der Waals surface area contributed by atoms with Crippen molar-refractivity contribution in [1.82, 2.24) is 0 Å². The van der Waals surface area contributed by atoms with E-state index in [1.54, 1.807) is 12.1 Å². The Labute approximate surface area is 197 Å². The van der Waals surface area contributed by atoms with Gasteiger partial charge in [0.05, 0.1) is 10.7 Å². The molecule has 1 aliphatic rings. The highest BCUT2D eigenvalue weighted by molar-refractivity contribution is 6.34. The van der Waals surface area contributed by atoms with E-state index in [1.807, 2.05) is 65.6 Å². The lowest BCUT2D eigenvalue weighted by atomic mass is 10.0. The largest absolute Gasteiger partial charge is 0.409 e. The maximum Gasteiger partial charge on any atom is 0.251 e. The van der Waals surface area contributed by atoms with E-state index in [0.29, 0.717) is 29.5 Å². The fraction of sp³-hybridized carbons (Fsp3) is 0.200. The molecule has 3 aromatic rings. The van der Waals surface area contributed by atoms with Gasteiger partial charge in [-0.15, -0.1) is 0 Å². The monoisotopic (exact) mass is 463 g/mol. The molecule has 0 aromatic heterocycles. The van der Waals surface area contributed by atoms with Gasteiger partial charge in [0.1, 0.15) is 11.9 Å². The number of benzene rings is 3. The van der Waals surface area contributed by atoms with Gasteiger partial charge in [-0.1, -0.05) is 59.2 Å². The first-order valence-electron chi connectivity index (χ1n) is 10.8. The first-order valence-corrected chi connectivity index (χ1v) is 11.2. The molecule has 0 unspecified atom stereocenters. The van der Waals surface area contributed by atoms with Crippen LogP contribution in [-0.4, -0.2) is 23.5 Å². The van der Waals surface area contributed by atoms with Crippen LogP contribution in [0.4, 0.5) is 17.1 Å². The van der Waals surface area contributed by atoms with E-state index in [-0.39, 0.29) is 5.91 Å². The van der Waals surface area contributed by atoms with Gasteiger partial charge in [0, 0.05) is 30.9 Å². The molecule has 5 N–H and O–H groups in total. The van der Waals surface area contributed by atoms with Gasteiger partial charge in [0.2, 0.25) is 0 Å². The lowest BCUT2D eigenvalue weighted by molar-refractivity contribution is -0.117. The highest BCUT2D eigenvalue weighted by Gasteiger charge is 2.24. The third-order valence-electron chi connectivity index (χ3n) is 5.58. The number of halogens is 1. The van der Waals surface area contributed by atoms with Crippen molar-refractivity contribution in [2.24, 2.45) is 10.9 Å². The summed E-state index contributed by atoms with van der Waals surface area (Å²) in [6.45, 7) is 1.15. The molecule has 7 nitrogen and oxygen atoms in total. The summed E-state index contributed by atoms with van der Waals surface area (Å²) in [4.78, 5) is 15.2. The van der Waals surface area contributed by atoms with Gasteiger partial charge < -0.3 is 26.5 Å². The molecule has 1 amide bonds. The van der Waals surface area contributed by atoms with E-state index in [2.05, 4.69) is 15.8 Å². The predicted molar refractivity (Wildman–Crippen MR) is 133 cm³/mol. The highest BCUT2D eigenvalue weighted by Crippen LogP contribution is 2.32. The number of rotatable bonds is 7. The fourth-order valence-electron chi connectivity index (χ4n) is 3.94. The Morgan fingerprint density at radius 2 is 1.91 bits per heavy atom. The number of hydrogen-bond donors (Lipinski definition) is 4. The molecule has 1 saturated heterocycles. The van der Waals surface area contributed by atoms with Crippen LogP contribution >= 0.6 is 11.6 Å². The van der Waals surface area contributed by atoms with Gasteiger partial charge in [0.25, 0.3) is 5.91 Å². The molecular weight excluding hydrogens is 438 g/mol. The quantitative estimate of drug-likeness (QED) is 0.292. The van der Waals surface area contributed by atoms with E-state index in [9.17, 15) is 10.0 Å². The van der Waals surface area contributed by atoms with Crippen LogP contribution in [0.1, 0.15) is 30.0 Å². The smallest absolute Gasteiger partial charge is 0.251 e. The van der Waals surface area contributed by atoms with Gasteiger partial charge >= 0.3 is 0 Å².